The third kappa shape index (κ3) is 3.68. The predicted molar refractivity (Wildman–Crippen MR) is 106 cm³/mol. The Morgan fingerprint density at radius 3 is 2.41 bits per heavy atom. The van der Waals surface area contributed by atoms with Gasteiger partial charge in [0, 0.05) is 16.5 Å². The molecular formula is C19H17N3O3S2. The highest BCUT2D eigenvalue weighted by Crippen LogP contribution is 2.38. The maximum Gasteiger partial charge on any atom is 0.238 e. The molecule has 8 heteroatoms. The van der Waals surface area contributed by atoms with Crippen LogP contribution in [-0.4, -0.2) is 28.5 Å². The number of thioether (sulfide) groups is 1. The van der Waals surface area contributed by atoms with Crippen molar-refractivity contribution in [3.05, 3.63) is 48.0 Å². The van der Waals surface area contributed by atoms with Crippen molar-refractivity contribution in [2.75, 3.05) is 16.0 Å². The number of benzene rings is 1. The Hall–Kier alpha value is -2.45. The molecule has 1 aliphatic heterocycles. The molecule has 1 N–H and O–H groups in total. The summed E-state index contributed by atoms with van der Waals surface area (Å²) in [4.78, 5) is 43.4. The molecule has 1 aromatic heterocycles. The number of nitrogens with zero attached hydrogens (tertiary/aromatic N) is 2. The molecule has 138 valence electrons. The van der Waals surface area contributed by atoms with Crippen molar-refractivity contribution in [2.24, 2.45) is 11.8 Å². The third-order valence-electron chi connectivity index (χ3n) is 4.65. The van der Waals surface area contributed by atoms with Crippen LogP contribution in [0.15, 0.2) is 52.9 Å². The van der Waals surface area contributed by atoms with E-state index in [0.717, 1.165) is 4.90 Å². The molecule has 3 amide bonds. The molecule has 2 aromatic rings. The first-order chi connectivity index (χ1) is 13.1. The van der Waals surface area contributed by atoms with Gasteiger partial charge in [0.2, 0.25) is 17.7 Å². The van der Waals surface area contributed by atoms with Crippen molar-refractivity contribution in [2.45, 2.75) is 17.7 Å². The number of fused-ring (bicyclic) bond motifs is 1. The molecule has 4 rings (SSSR count). The average molecular weight is 399 g/mol. The summed E-state index contributed by atoms with van der Waals surface area (Å²) in [6.45, 7) is 0. The van der Waals surface area contributed by atoms with Crippen LogP contribution in [0.4, 0.5) is 10.8 Å². The number of rotatable bonds is 5. The summed E-state index contributed by atoms with van der Waals surface area (Å²) < 4.78 is 0. The lowest BCUT2D eigenvalue weighted by Gasteiger charge is -2.15. The van der Waals surface area contributed by atoms with Crippen LogP contribution < -0.4 is 10.2 Å². The van der Waals surface area contributed by atoms with E-state index >= 15 is 0 Å². The molecule has 2 aliphatic rings. The summed E-state index contributed by atoms with van der Waals surface area (Å²) in [6, 6.07) is 7.19. The Morgan fingerprint density at radius 2 is 1.81 bits per heavy atom. The third-order valence-corrected chi connectivity index (χ3v) is 6.35. The number of carbonyl (C=O) groups excluding carboxylic acids is 3. The van der Waals surface area contributed by atoms with Crippen LogP contribution in [-0.2, 0) is 14.4 Å². The first kappa shape index (κ1) is 17.9. The van der Waals surface area contributed by atoms with E-state index in [1.807, 2.05) is 24.3 Å². The zero-order valence-corrected chi connectivity index (χ0v) is 16.0. The molecule has 27 heavy (non-hydrogen) atoms. The zero-order chi connectivity index (χ0) is 18.8. The largest absolute Gasteiger partial charge is 0.301 e. The van der Waals surface area contributed by atoms with Gasteiger partial charge in [-0.2, -0.15) is 0 Å². The molecular weight excluding hydrogens is 382 g/mol. The number of carbonyl (C=O) groups is 3. The summed E-state index contributed by atoms with van der Waals surface area (Å²) >= 11 is 2.76. The summed E-state index contributed by atoms with van der Waals surface area (Å²) in [5.41, 5.74) is 0.594. The standard InChI is InChI=1S/C19H17N3O3S2/c23-16(21-19-20-9-10-26-19)11-27-13-7-5-12(6-8-13)22-17(24)14-3-1-2-4-15(14)18(22)25/h1-2,5-10,14-15H,3-4,11H2,(H,20,21,23). The number of nitrogens with one attached hydrogen (secondary N) is 1. The van der Waals surface area contributed by atoms with Gasteiger partial charge in [0.25, 0.3) is 0 Å². The Balaban J connectivity index is 1.38. The van der Waals surface area contributed by atoms with Gasteiger partial charge in [-0.1, -0.05) is 12.2 Å². The van der Waals surface area contributed by atoms with Gasteiger partial charge in [-0.15, -0.1) is 23.1 Å². The Labute approximate surface area is 164 Å². The van der Waals surface area contributed by atoms with Gasteiger partial charge in [-0.05, 0) is 37.1 Å². The quantitative estimate of drug-likeness (QED) is 0.474. The minimum atomic E-state index is -0.230. The molecule has 1 aromatic carbocycles. The van der Waals surface area contributed by atoms with Gasteiger partial charge in [0.15, 0.2) is 5.13 Å². The van der Waals surface area contributed by atoms with E-state index in [1.165, 1.54) is 28.0 Å². The number of amides is 3. The summed E-state index contributed by atoms with van der Waals surface area (Å²) in [7, 11) is 0. The molecule has 0 radical (unpaired) electrons. The molecule has 6 nitrogen and oxygen atoms in total. The number of allylic oxidation sites excluding steroid dienone is 2. The van der Waals surface area contributed by atoms with Crippen molar-refractivity contribution < 1.29 is 14.4 Å². The summed E-state index contributed by atoms with van der Waals surface area (Å²) in [5.74, 6) is -0.552. The number of aromatic nitrogens is 1. The van der Waals surface area contributed by atoms with Crippen molar-refractivity contribution in [1.29, 1.82) is 0 Å². The number of thiazole rings is 1. The molecule has 0 saturated carbocycles. The second kappa shape index (κ2) is 7.66. The second-order valence-corrected chi connectivity index (χ2v) is 8.28. The summed E-state index contributed by atoms with van der Waals surface area (Å²) in [6.07, 6.45) is 6.86. The van der Waals surface area contributed by atoms with Gasteiger partial charge in [0.1, 0.15) is 0 Å². The van der Waals surface area contributed by atoms with E-state index in [0.29, 0.717) is 23.7 Å². The highest BCUT2D eigenvalue weighted by atomic mass is 32.2. The van der Waals surface area contributed by atoms with E-state index < -0.39 is 0 Å². The Kier molecular flexibility index (Phi) is 5.09. The first-order valence-electron chi connectivity index (χ1n) is 8.58. The van der Waals surface area contributed by atoms with Gasteiger partial charge in [-0.25, -0.2) is 4.98 Å². The van der Waals surface area contributed by atoms with Crippen LogP contribution in [0.5, 0.6) is 0 Å². The predicted octanol–water partition coefficient (Wildman–Crippen LogP) is 3.33. The van der Waals surface area contributed by atoms with E-state index in [-0.39, 0.29) is 35.3 Å². The SMILES string of the molecule is O=C(CSc1ccc(N2C(=O)C3CC=CCC3C2=O)cc1)Nc1nccs1. The number of imide groups is 1. The molecule has 2 atom stereocenters. The normalized spacial score (nSPS) is 21.4. The zero-order valence-electron chi connectivity index (χ0n) is 14.3. The van der Waals surface area contributed by atoms with Crippen LogP contribution in [0, 0.1) is 11.8 Å². The van der Waals surface area contributed by atoms with Gasteiger partial charge in [0.05, 0.1) is 23.3 Å². The Morgan fingerprint density at radius 1 is 1.15 bits per heavy atom. The lowest BCUT2D eigenvalue weighted by Crippen LogP contribution is -2.30. The van der Waals surface area contributed by atoms with Crippen molar-refractivity contribution in [3.8, 4) is 0 Å². The second-order valence-electron chi connectivity index (χ2n) is 6.34. The molecule has 1 aliphatic carbocycles. The number of hydrogen-bond donors (Lipinski definition) is 1. The topological polar surface area (TPSA) is 79.4 Å². The minimum Gasteiger partial charge on any atom is -0.301 e. The molecule has 0 bridgehead atoms. The minimum absolute atomic E-state index is 0.113. The number of hydrogen-bond acceptors (Lipinski definition) is 6. The van der Waals surface area contributed by atoms with Gasteiger partial charge in [-0.3, -0.25) is 19.3 Å². The number of anilines is 2. The van der Waals surface area contributed by atoms with Gasteiger partial charge >= 0.3 is 0 Å². The maximum absolute atomic E-state index is 12.6. The van der Waals surface area contributed by atoms with Crippen molar-refractivity contribution >= 4 is 51.6 Å². The van der Waals surface area contributed by atoms with Crippen molar-refractivity contribution in [1.82, 2.24) is 4.98 Å². The lowest BCUT2D eigenvalue weighted by atomic mass is 9.85. The van der Waals surface area contributed by atoms with Crippen molar-refractivity contribution in [3.63, 3.8) is 0 Å². The van der Waals surface area contributed by atoms with Gasteiger partial charge < -0.3 is 5.32 Å². The van der Waals surface area contributed by atoms with E-state index in [1.54, 1.807) is 23.7 Å². The maximum atomic E-state index is 12.6. The molecule has 2 heterocycles. The summed E-state index contributed by atoms with van der Waals surface area (Å²) in [5, 5.41) is 5.11. The monoisotopic (exact) mass is 399 g/mol. The molecule has 1 fully saturated rings. The highest BCUT2D eigenvalue weighted by molar-refractivity contribution is 8.00. The fraction of sp³-hybridized carbons (Fsp3) is 0.263. The average Bonchev–Trinajstić information content (AvgIpc) is 3.28. The lowest BCUT2D eigenvalue weighted by molar-refractivity contribution is -0.122. The molecule has 2 unspecified atom stereocenters. The fourth-order valence-electron chi connectivity index (χ4n) is 3.34. The van der Waals surface area contributed by atoms with Crippen LogP contribution in [0.3, 0.4) is 0 Å². The van der Waals surface area contributed by atoms with Crippen LogP contribution in [0.25, 0.3) is 0 Å². The van der Waals surface area contributed by atoms with E-state index in [9.17, 15) is 14.4 Å². The molecule has 1 saturated heterocycles. The highest BCUT2D eigenvalue weighted by Gasteiger charge is 2.47. The van der Waals surface area contributed by atoms with E-state index in [2.05, 4.69) is 10.3 Å². The Bertz CT molecular complexity index is 867. The van der Waals surface area contributed by atoms with E-state index in [4.69, 9.17) is 0 Å². The van der Waals surface area contributed by atoms with Crippen LogP contribution in [0.2, 0.25) is 0 Å². The first-order valence-corrected chi connectivity index (χ1v) is 10.4. The fourth-order valence-corrected chi connectivity index (χ4v) is 4.58. The van der Waals surface area contributed by atoms with Crippen LogP contribution >= 0.6 is 23.1 Å². The van der Waals surface area contributed by atoms with Crippen LogP contribution in [0.1, 0.15) is 12.8 Å². The molecule has 0 spiro atoms. The smallest absolute Gasteiger partial charge is 0.238 e.